The van der Waals surface area contributed by atoms with E-state index >= 15 is 0 Å². The van der Waals surface area contributed by atoms with Crippen LogP contribution >= 0.6 is 0 Å². The summed E-state index contributed by atoms with van der Waals surface area (Å²) in [4.78, 5) is 30.1. The lowest BCUT2D eigenvalue weighted by Gasteiger charge is -2.26. The molecule has 1 aliphatic rings. The van der Waals surface area contributed by atoms with Crippen molar-refractivity contribution in [3.05, 3.63) is 41.4 Å². The second kappa shape index (κ2) is 6.52. The van der Waals surface area contributed by atoms with Gasteiger partial charge in [0.2, 0.25) is 0 Å². The molecule has 1 unspecified atom stereocenters. The summed E-state index contributed by atoms with van der Waals surface area (Å²) in [5, 5.41) is 10.1. The van der Waals surface area contributed by atoms with Crippen LogP contribution in [0.5, 0.6) is 0 Å². The lowest BCUT2D eigenvalue weighted by atomic mass is 9.96. The third kappa shape index (κ3) is 2.82. The molecule has 1 N–H and O–H groups in total. The van der Waals surface area contributed by atoms with Gasteiger partial charge in [-0.2, -0.15) is 0 Å². The van der Waals surface area contributed by atoms with Crippen LogP contribution in [0.2, 0.25) is 0 Å². The molecule has 0 bridgehead atoms. The Bertz CT molecular complexity index is 566. The molecule has 0 spiro atoms. The first-order chi connectivity index (χ1) is 10.1. The third-order valence-electron chi connectivity index (χ3n) is 3.68. The maximum absolute atomic E-state index is 12.3. The van der Waals surface area contributed by atoms with Gasteiger partial charge in [0, 0.05) is 25.4 Å². The Labute approximate surface area is 124 Å². The van der Waals surface area contributed by atoms with E-state index in [0.717, 1.165) is 18.4 Å². The van der Waals surface area contributed by atoms with Gasteiger partial charge in [0.05, 0.1) is 11.6 Å². The fourth-order valence-corrected chi connectivity index (χ4v) is 2.57. The molecule has 5 nitrogen and oxygen atoms in total. The number of rotatable bonds is 6. The largest absolute Gasteiger partial charge is 0.503 e. The van der Waals surface area contributed by atoms with Gasteiger partial charge in [-0.05, 0) is 18.1 Å². The van der Waals surface area contributed by atoms with Crippen LogP contribution in [-0.2, 0) is 9.59 Å². The van der Waals surface area contributed by atoms with Crippen molar-refractivity contribution < 1.29 is 14.7 Å². The zero-order valence-electron chi connectivity index (χ0n) is 12.4. The van der Waals surface area contributed by atoms with Crippen LogP contribution in [0.4, 0.5) is 0 Å². The highest BCUT2D eigenvalue weighted by molar-refractivity contribution is 6.08. The highest BCUT2D eigenvalue weighted by Crippen LogP contribution is 2.37. The van der Waals surface area contributed by atoms with Crippen molar-refractivity contribution in [3.8, 4) is 0 Å². The first-order valence-electron chi connectivity index (χ1n) is 7.29. The molecule has 0 saturated heterocycles. The highest BCUT2D eigenvalue weighted by atomic mass is 16.3. The van der Waals surface area contributed by atoms with Crippen molar-refractivity contribution in [1.82, 2.24) is 9.88 Å². The first kappa shape index (κ1) is 15.2. The molecule has 0 fully saturated rings. The second-order valence-electron chi connectivity index (χ2n) is 5.08. The van der Waals surface area contributed by atoms with Gasteiger partial charge in [-0.15, -0.1) is 0 Å². The van der Waals surface area contributed by atoms with Gasteiger partial charge in [0.15, 0.2) is 11.5 Å². The average molecular weight is 288 g/mol. The van der Waals surface area contributed by atoms with Gasteiger partial charge < -0.3 is 10.0 Å². The molecule has 1 aliphatic heterocycles. The van der Waals surface area contributed by atoms with Crippen molar-refractivity contribution in [2.75, 3.05) is 6.54 Å². The van der Waals surface area contributed by atoms with E-state index in [9.17, 15) is 14.7 Å². The summed E-state index contributed by atoms with van der Waals surface area (Å²) in [5.41, 5.74) is 0.953. The van der Waals surface area contributed by atoms with Crippen molar-refractivity contribution in [2.24, 2.45) is 0 Å². The molecule has 1 aromatic rings. The molecule has 0 aliphatic carbocycles. The molecule has 21 heavy (non-hydrogen) atoms. The molecular weight excluding hydrogens is 268 g/mol. The summed E-state index contributed by atoms with van der Waals surface area (Å²) < 4.78 is 0. The molecule has 1 aromatic heterocycles. The summed E-state index contributed by atoms with van der Waals surface area (Å²) >= 11 is 0. The minimum Gasteiger partial charge on any atom is -0.503 e. The number of pyridine rings is 1. The Morgan fingerprint density at radius 2 is 2.19 bits per heavy atom. The standard InChI is InChI=1S/C16H20N2O3/c1-3-5-9-18-14(11-7-6-8-17-10-11)13(12(19)4-2)15(20)16(18)21/h6-8,10,14,20H,3-5,9H2,1-2H3. The van der Waals surface area contributed by atoms with Gasteiger partial charge in [-0.3, -0.25) is 14.6 Å². The zero-order chi connectivity index (χ0) is 15.4. The van der Waals surface area contributed by atoms with E-state index in [4.69, 9.17) is 0 Å². The molecule has 0 radical (unpaired) electrons. The number of ketones is 1. The van der Waals surface area contributed by atoms with E-state index < -0.39 is 17.7 Å². The van der Waals surface area contributed by atoms with Gasteiger partial charge >= 0.3 is 0 Å². The number of Topliss-reactive ketones (excluding diaryl/α,β-unsaturated/α-hetero) is 1. The Morgan fingerprint density at radius 3 is 2.76 bits per heavy atom. The van der Waals surface area contributed by atoms with E-state index in [1.807, 2.05) is 13.0 Å². The summed E-state index contributed by atoms with van der Waals surface area (Å²) in [7, 11) is 0. The molecule has 0 aromatic carbocycles. The molecule has 2 rings (SSSR count). The van der Waals surface area contributed by atoms with Crippen molar-refractivity contribution >= 4 is 11.7 Å². The first-order valence-corrected chi connectivity index (χ1v) is 7.29. The van der Waals surface area contributed by atoms with E-state index in [1.165, 1.54) is 0 Å². The summed E-state index contributed by atoms with van der Waals surface area (Å²) in [6.45, 7) is 4.27. The number of carbonyl (C=O) groups is 2. The van der Waals surface area contributed by atoms with Crippen molar-refractivity contribution in [1.29, 1.82) is 0 Å². The third-order valence-corrected chi connectivity index (χ3v) is 3.68. The summed E-state index contributed by atoms with van der Waals surface area (Å²) in [6, 6.07) is 3.07. The predicted octanol–water partition coefficient (Wildman–Crippen LogP) is 2.56. The lowest BCUT2D eigenvalue weighted by molar-refractivity contribution is -0.129. The number of carbonyl (C=O) groups excluding carboxylic acids is 2. The topological polar surface area (TPSA) is 70.5 Å². The Morgan fingerprint density at radius 1 is 1.43 bits per heavy atom. The number of aliphatic hydroxyl groups excluding tert-OH is 1. The SMILES string of the molecule is CCCCN1C(=O)C(O)=C(C(=O)CC)C1c1cccnc1. The fourth-order valence-electron chi connectivity index (χ4n) is 2.57. The zero-order valence-corrected chi connectivity index (χ0v) is 12.4. The summed E-state index contributed by atoms with van der Waals surface area (Å²) in [5.74, 6) is -1.07. The van der Waals surface area contributed by atoms with Crippen molar-refractivity contribution in [2.45, 2.75) is 39.2 Å². The predicted molar refractivity (Wildman–Crippen MR) is 78.6 cm³/mol. The Balaban J connectivity index is 2.45. The van der Waals surface area contributed by atoms with Crippen LogP contribution in [-0.4, -0.2) is 33.2 Å². The molecule has 1 amide bonds. The highest BCUT2D eigenvalue weighted by Gasteiger charge is 2.42. The van der Waals surface area contributed by atoms with Crippen LogP contribution in [0.3, 0.4) is 0 Å². The molecule has 1 atom stereocenters. The number of hydrogen-bond donors (Lipinski definition) is 1. The van der Waals surface area contributed by atoms with Crippen LogP contribution < -0.4 is 0 Å². The van der Waals surface area contributed by atoms with Crippen LogP contribution in [0.15, 0.2) is 35.9 Å². The maximum Gasteiger partial charge on any atom is 0.290 e. The second-order valence-corrected chi connectivity index (χ2v) is 5.08. The smallest absolute Gasteiger partial charge is 0.290 e. The van der Waals surface area contributed by atoms with Crippen LogP contribution in [0.1, 0.15) is 44.7 Å². The maximum atomic E-state index is 12.3. The molecular formula is C16H20N2O3. The van der Waals surface area contributed by atoms with E-state index in [-0.39, 0.29) is 17.8 Å². The van der Waals surface area contributed by atoms with E-state index in [2.05, 4.69) is 4.98 Å². The Hall–Kier alpha value is -2.17. The fraction of sp³-hybridized carbons (Fsp3) is 0.438. The Kier molecular flexibility index (Phi) is 4.73. The van der Waals surface area contributed by atoms with Gasteiger partial charge in [-0.1, -0.05) is 26.3 Å². The number of aromatic nitrogens is 1. The van der Waals surface area contributed by atoms with Crippen LogP contribution in [0, 0.1) is 0 Å². The van der Waals surface area contributed by atoms with Crippen molar-refractivity contribution in [3.63, 3.8) is 0 Å². The minimum atomic E-state index is -0.523. The molecule has 0 saturated carbocycles. The minimum absolute atomic E-state index is 0.200. The number of aliphatic hydroxyl groups is 1. The summed E-state index contributed by atoms with van der Waals surface area (Å²) in [6.07, 6.45) is 5.29. The normalized spacial score (nSPS) is 18.5. The molecule has 112 valence electrons. The monoisotopic (exact) mass is 288 g/mol. The quantitative estimate of drug-likeness (QED) is 0.873. The van der Waals surface area contributed by atoms with E-state index in [0.29, 0.717) is 6.54 Å². The van der Waals surface area contributed by atoms with Gasteiger partial charge in [-0.25, -0.2) is 0 Å². The number of nitrogens with zero attached hydrogens (tertiary/aromatic N) is 2. The molecule has 2 heterocycles. The lowest BCUT2D eigenvalue weighted by Crippen LogP contribution is -2.32. The number of amides is 1. The number of unbranched alkanes of at least 4 members (excludes halogenated alkanes) is 1. The number of hydrogen-bond acceptors (Lipinski definition) is 4. The van der Waals surface area contributed by atoms with E-state index in [1.54, 1.807) is 30.3 Å². The average Bonchev–Trinajstić information content (AvgIpc) is 2.77. The van der Waals surface area contributed by atoms with Gasteiger partial charge in [0.1, 0.15) is 0 Å². The van der Waals surface area contributed by atoms with Crippen LogP contribution in [0.25, 0.3) is 0 Å². The molecule has 5 heteroatoms. The van der Waals surface area contributed by atoms with Gasteiger partial charge in [0.25, 0.3) is 5.91 Å².